The molecule has 0 aromatic heterocycles. The highest BCUT2D eigenvalue weighted by Crippen LogP contribution is 2.40. The van der Waals surface area contributed by atoms with Gasteiger partial charge in [0.2, 0.25) is 15.8 Å². The van der Waals surface area contributed by atoms with Crippen molar-refractivity contribution in [2.24, 2.45) is 0 Å². The van der Waals surface area contributed by atoms with Gasteiger partial charge in [-0.25, -0.2) is 8.42 Å². The van der Waals surface area contributed by atoms with Crippen LogP contribution in [0.1, 0.15) is 30.9 Å². The molecule has 10 heteroatoms. The molecule has 4 rings (SSSR count). The monoisotopic (exact) mass is 570 g/mol. The number of hydrogen-bond donors (Lipinski definition) is 1. The second kappa shape index (κ2) is 13.7. The number of nitrogens with zero attached hydrogens (tertiary/aromatic N) is 1. The minimum Gasteiger partial charge on any atom is -0.493 e. The predicted octanol–water partition coefficient (Wildman–Crippen LogP) is 5.09. The Hall–Kier alpha value is -3.47. The number of rotatable bonds is 13. The number of ether oxygens (including phenoxy) is 5. The van der Waals surface area contributed by atoms with Crippen molar-refractivity contribution >= 4 is 15.7 Å². The molecule has 0 radical (unpaired) electrons. The first-order chi connectivity index (χ1) is 19.4. The normalized spacial score (nSPS) is 16.4. The van der Waals surface area contributed by atoms with Crippen LogP contribution in [0.5, 0.6) is 23.0 Å². The second-order valence-electron chi connectivity index (χ2n) is 9.48. The van der Waals surface area contributed by atoms with E-state index in [-0.39, 0.29) is 18.0 Å². The lowest BCUT2D eigenvalue weighted by molar-refractivity contribution is 0.0340. The van der Waals surface area contributed by atoms with Crippen LogP contribution >= 0.6 is 0 Å². The SMILES string of the molecule is CCCCN1CC(COCc2ccccc2)Oc2cccc(NCc3cc(OC)c(OC)c(OC)c3)c2S1(=O)=O. The summed E-state index contributed by atoms with van der Waals surface area (Å²) in [6, 6.07) is 18.8. The Morgan fingerprint density at radius 2 is 1.68 bits per heavy atom. The van der Waals surface area contributed by atoms with Gasteiger partial charge in [0.05, 0.1) is 46.8 Å². The standard InChI is InChI=1S/C30H38N2O7S/c1-5-6-15-32-19-24(21-38-20-22-11-8-7-9-12-22)39-26-14-10-13-25(30(26)40(32,33)34)31-18-23-16-27(35-2)29(37-4)28(17-23)36-3/h7-14,16-17,24,31H,5-6,15,18-21H2,1-4H3. The van der Waals surface area contributed by atoms with Crippen LogP contribution in [0.25, 0.3) is 0 Å². The number of hydrogen-bond acceptors (Lipinski definition) is 8. The van der Waals surface area contributed by atoms with Crippen molar-refractivity contribution in [3.8, 4) is 23.0 Å². The van der Waals surface area contributed by atoms with E-state index < -0.39 is 16.1 Å². The van der Waals surface area contributed by atoms with Crippen LogP contribution in [0.3, 0.4) is 0 Å². The van der Waals surface area contributed by atoms with Gasteiger partial charge in [-0.1, -0.05) is 49.7 Å². The number of benzene rings is 3. The van der Waals surface area contributed by atoms with E-state index in [9.17, 15) is 8.42 Å². The average Bonchev–Trinajstić information content (AvgIpc) is 3.08. The maximum absolute atomic E-state index is 14.0. The summed E-state index contributed by atoms with van der Waals surface area (Å²) < 4.78 is 58.1. The van der Waals surface area contributed by atoms with Crippen molar-refractivity contribution in [3.05, 3.63) is 71.8 Å². The minimum absolute atomic E-state index is 0.129. The van der Waals surface area contributed by atoms with Crippen molar-refractivity contribution in [2.45, 2.75) is 43.9 Å². The predicted molar refractivity (Wildman–Crippen MR) is 154 cm³/mol. The lowest BCUT2D eigenvalue weighted by Crippen LogP contribution is -2.39. The summed E-state index contributed by atoms with van der Waals surface area (Å²) in [5.41, 5.74) is 2.33. The fraction of sp³-hybridized carbons (Fsp3) is 0.400. The van der Waals surface area contributed by atoms with Crippen LogP contribution in [-0.4, -0.2) is 59.9 Å². The molecule has 9 nitrogen and oxygen atoms in total. The molecule has 1 N–H and O–H groups in total. The summed E-state index contributed by atoms with van der Waals surface area (Å²) in [6.45, 7) is 3.65. The summed E-state index contributed by atoms with van der Waals surface area (Å²) in [5, 5.41) is 3.30. The number of anilines is 1. The maximum Gasteiger partial charge on any atom is 0.248 e. The van der Waals surface area contributed by atoms with Gasteiger partial charge in [0.1, 0.15) is 16.7 Å². The Morgan fingerprint density at radius 1 is 0.950 bits per heavy atom. The van der Waals surface area contributed by atoms with Gasteiger partial charge in [-0.15, -0.1) is 0 Å². The van der Waals surface area contributed by atoms with Crippen LogP contribution in [0.15, 0.2) is 65.6 Å². The fourth-order valence-electron chi connectivity index (χ4n) is 4.63. The van der Waals surface area contributed by atoms with Crippen LogP contribution in [0, 0.1) is 0 Å². The topological polar surface area (TPSA) is 95.6 Å². The molecule has 1 aliphatic rings. The molecule has 0 fully saturated rings. The Morgan fingerprint density at radius 3 is 2.33 bits per heavy atom. The lowest BCUT2D eigenvalue weighted by atomic mass is 10.1. The third kappa shape index (κ3) is 6.80. The maximum atomic E-state index is 14.0. The Bertz CT molecular complexity index is 1340. The van der Waals surface area contributed by atoms with Crippen LogP contribution in [0.2, 0.25) is 0 Å². The molecule has 40 heavy (non-hydrogen) atoms. The van der Waals surface area contributed by atoms with Gasteiger partial charge in [0.15, 0.2) is 11.5 Å². The zero-order valence-corrected chi connectivity index (χ0v) is 24.3. The van der Waals surface area contributed by atoms with Gasteiger partial charge in [-0.3, -0.25) is 0 Å². The van der Waals surface area contributed by atoms with Crippen LogP contribution in [0.4, 0.5) is 5.69 Å². The van der Waals surface area contributed by atoms with E-state index in [1.165, 1.54) is 4.31 Å². The van der Waals surface area contributed by atoms with Gasteiger partial charge < -0.3 is 29.0 Å². The van der Waals surface area contributed by atoms with Gasteiger partial charge in [0.25, 0.3) is 0 Å². The second-order valence-corrected chi connectivity index (χ2v) is 11.4. The van der Waals surface area contributed by atoms with Gasteiger partial charge in [-0.2, -0.15) is 4.31 Å². The van der Waals surface area contributed by atoms with Crippen LogP contribution in [-0.2, 0) is 27.9 Å². The third-order valence-electron chi connectivity index (χ3n) is 6.66. The van der Waals surface area contributed by atoms with E-state index >= 15 is 0 Å². The van der Waals surface area contributed by atoms with Crippen molar-refractivity contribution in [2.75, 3.05) is 46.3 Å². The zero-order chi connectivity index (χ0) is 28.5. The molecule has 0 amide bonds. The molecule has 0 saturated heterocycles. The molecule has 3 aromatic rings. The Balaban J connectivity index is 1.60. The Kier molecular flexibility index (Phi) is 10.1. The molecule has 1 atom stereocenters. The van der Waals surface area contributed by atoms with Crippen molar-refractivity contribution < 1.29 is 32.1 Å². The molecule has 0 spiro atoms. The summed E-state index contributed by atoms with van der Waals surface area (Å²) in [5.74, 6) is 1.84. The van der Waals surface area contributed by atoms with Crippen molar-refractivity contribution in [1.29, 1.82) is 0 Å². The molecule has 1 aliphatic heterocycles. The smallest absolute Gasteiger partial charge is 0.248 e. The highest BCUT2D eigenvalue weighted by Gasteiger charge is 2.36. The Labute approximate surface area is 237 Å². The number of methoxy groups -OCH3 is 3. The lowest BCUT2D eigenvalue weighted by Gasteiger charge is -2.23. The molecule has 0 saturated carbocycles. The van der Waals surface area contributed by atoms with Gasteiger partial charge in [0, 0.05) is 13.1 Å². The molecular weight excluding hydrogens is 532 g/mol. The van der Waals surface area contributed by atoms with Crippen LogP contribution < -0.4 is 24.3 Å². The van der Waals surface area contributed by atoms with E-state index in [1.54, 1.807) is 39.5 Å². The fourth-order valence-corrected chi connectivity index (χ4v) is 6.41. The van der Waals surface area contributed by atoms with E-state index in [2.05, 4.69) is 5.32 Å². The quantitative estimate of drug-likeness (QED) is 0.304. The van der Waals surface area contributed by atoms with Gasteiger partial charge in [-0.05, 0) is 41.8 Å². The molecular formula is C30H38N2O7S. The molecule has 216 valence electrons. The highest BCUT2D eigenvalue weighted by molar-refractivity contribution is 7.89. The third-order valence-corrected chi connectivity index (χ3v) is 8.61. The first-order valence-electron chi connectivity index (χ1n) is 13.4. The average molecular weight is 571 g/mol. The van der Waals surface area contributed by atoms with E-state index in [0.717, 1.165) is 24.0 Å². The molecule has 1 unspecified atom stereocenters. The van der Waals surface area contributed by atoms with Gasteiger partial charge >= 0.3 is 0 Å². The van der Waals surface area contributed by atoms with E-state index in [4.69, 9.17) is 23.7 Å². The summed E-state index contributed by atoms with van der Waals surface area (Å²) in [7, 11) is 0.808. The number of nitrogens with one attached hydrogen (secondary N) is 1. The largest absolute Gasteiger partial charge is 0.493 e. The van der Waals surface area contributed by atoms with Crippen molar-refractivity contribution in [3.63, 3.8) is 0 Å². The number of fused-ring (bicyclic) bond motifs is 1. The zero-order valence-electron chi connectivity index (χ0n) is 23.5. The van der Waals surface area contributed by atoms with E-state index in [0.29, 0.717) is 48.4 Å². The number of unbranched alkanes of at least 4 members (excludes halogenated alkanes) is 1. The summed E-state index contributed by atoms with van der Waals surface area (Å²) >= 11 is 0. The molecule has 0 aliphatic carbocycles. The molecule has 1 heterocycles. The molecule has 3 aromatic carbocycles. The van der Waals surface area contributed by atoms with Crippen molar-refractivity contribution in [1.82, 2.24) is 4.31 Å². The first kappa shape index (κ1) is 29.5. The summed E-state index contributed by atoms with van der Waals surface area (Å²) in [6.07, 6.45) is 1.16. The molecule has 0 bridgehead atoms. The highest BCUT2D eigenvalue weighted by atomic mass is 32.2. The number of sulfonamides is 1. The van der Waals surface area contributed by atoms with E-state index in [1.807, 2.05) is 49.4 Å². The first-order valence-corrected chi connectivity index (χ1v) is 14.8. The minimum atomic E-state index is -3.85. The summed E-state index contributed by atoms with van der Waals surface area (Å²) in [4.78, 5) is 0.129.